The molecule has 3 amide bonds. The van der Waals surface area contributed by atoms with Gasteiger partial charge in [-0.15, -0.1) is 0 Å². The second-order valence-electron chi connectivity index (χ2n) is 5.72. The van der Waals surface area contributed by atoms with Crippen molar-refractivity contribution < 1.29 is 9.59 Å². The summed E-state index contributed by atoms with van der Waals surface area (Å²) in [6, 6.07) is 16.0. The van der Waals surface area contributed by atoms with Crippen LogP contribution >= 0.6 is 0 Å². The summed E-state index contributed by atoms with van der Waals surface area (Å²) in [5.41, 5.74) is 2.94. The summed E-state index contributed by atoms with van der Waals surface area (Å²) < 4.78 is 0. The third kappa shape index (κ3) is 4.82. The van der Waals surface area contributed by atoms with Crippen LogP contribution in [-0.4, -0.2) is 30.9 Å². The number of anilines is 2. The van der Waals surface area contributed by atoms with Crippen LogP contribution in [0.3, 0.4) is 0 Å². The van der Waals surface area contributed by atoms with Crippen LogP contribution < -0.4 is 10.2 Å². The van der Waals surface area contributed by atoms with Crippen molar-refractivity contribution in [1.29, 1.82) is 5.26 Å². The molecule has 0 spiro atoms. The zero-order chi connectivity index (χ0) is 18.4. The molecule has 0 heterocycles. The largest absolute Gasteiger partial charge is 0.323 e. The van der Waals surface area contributed by atoms with Crippen molar-refractivity contribution in [3.05, 3.63) is 59.7 Å². The van der Waals surface area contributed by atoms with Crippen LogP contribution in [0.2, 0.25) is 0 Å². The van der Waals surface area contributed by atoms with Crippen LogP contribution in [0.15, 0.2) is 48.5 Å². The number of nitriles is 1. The van der Waals surface area contributed by atoms with Gasteiger partial charge in [0.1, 0.15) is 0 Å². The second-order valence-corrected chi connectivity index (χ2v) is 5.72. The lowest BCUT2D eigenvalue weighted by Crippen LogP contribution is -2.30. The molecule has 25 heavy (non-hydrogen) atoms. The fourth-order valence-corrected chi connectivity index (χ4v) is 2.20. The van der Waals surface area contributed by atoms with Gasteiger partial charge in [0.05, 0.1) is 11.6 Å². The van der Waals surface area contributed by atoms with Crippen molar-refractivity contribution in [3.8, 4) is 6.07 Å². The average Bonchev–Trinajstić information content (AvgIpc) is 2.62. The molecule has 6 nitrogen and oxygen atoms in total. The van der Waals surface area contributed by atoms with Crippen LogP contribution in [0.4, 0.5) is 16.2 Å². The topological polar surface area (TPSA) is 76.4 Å². The third-order valence-corrected chi connectivity index (χ3v) is 3.83. The van der Waals surface area contributed by atoms with E-state index in [1.165, 1.54) is 11.8 Å². The summed E-state index contributed by atoms with van der Waals surface area (Å²) in [5.74, 6) is -0.0565. The van der Waals surface area contributed by atoms with Gasteiger partial charge in [0.2, 0.25) is 5.91 Å². The molecule has 0 unspecified atom stereocenters. The monoisotopic (exact) mass is 336 g/mol. The number of urea groups is 1. The lowest BCUT2D eigenvalue weighted by molar-refractivity contribution is -0.116. The van der Waals surface area contributed by atoms with E-state index in [-0.39, 0.29) is 11.9 Å². The fourth-order valence-electron chi connectivity index (χ4n) is 2.20. The number of rotatable bonds is 4. The van der Waals surface area contributed by atoms with Crippen molar-refractivity contribution in [3.63, 3.8) is 0 Å². The first-order valence-electron chi connectivity index (χ1n) is 7.76. The molecule has 2 aromatic carbocycles. The van der Waals surface area contributed by atoms with E-state index in [0.29, 0.717) is 17.8 Å². The standard InChI is InChI=1S/C19H20N4O2/c1-14(24)23(3)18-10-8-17(9-11-18)21-19(25)22(2)13-16-6-4-15(12-20)5-7-16/h4-11H,13H2,1-3H3,(H,21,25). The summed E-state index contributed by atoms with van der Waals surface area (Å²) >= 11 is 0. The highest BCUT2D eigenvalue weighted by atomic mass is 16.2. The Hall–Kier alpha value is -3.33. The number of carbonyl (C=O) groups excluding carboxylic acids is 2. The predicted octanol–water partition coefficient (Wildman–Crippen LogP) is 3.20. The van der Waals surface area contributed by atoms with Crippen LogP contribution in [0.1, 0.15) is 18.1 Å². The molecule has 0 atom stereocenters. The molecule has 0 aliphatic heterocycles. The maximum Gasteiger partial charge on any atom is 0.321 e. The number of hydrogen-bond donors (Lipinski definition) is 1. The van der Waals surface area contributed by atoms with Crippen LogP contribution in [0.5, 0.6) is 0 Å². The number of amides is 3. The Bertz CT molecular complexity index is 792. The molecule has 0 saturated heterocycles. The van der Waals surface area contributed by atoms with Crippen LogP contribution in [0.25, 0.3) is 0 Å². The highest BCUT2D eigenvalue weighted by Crippen LogP contribution is 2.17. The molecule has 6 heteroatoms. The van der Waals surface area contributed by atoms with E-state index in [0.717, 1.165) is 11.3 Å². The minimum absolute atomic E-state index is 0.0565. The van der Waals surface area contributed by atoms with Gasteiger partial charge in [-0.25, -0.2) is 4.79 Å². The van der Waals surface area contributed by atoms with Crippen LogP contribution in [0, 0.1) is 11.3 Å². The summed E-state index contributed by atoms with van der Waals surface area (Å²) in [6.07, 6.45) is 0. The summed E-state index contributed by atoms with van der Waals surface area (Å²) in [7, 11) is 3.40. The Labute approximate surface area is 147 Å². The minimum atomic E-state index is -0.239. The highest BCUT2D eigenvalue weighted by molar-refractivity contribution is 5.92. The van der Waals surface area contributed by atoms with E-state index in [2.05, 4.69) is 11.4 Å². The van der Waals surface area contributed by atoms with E-state index in [1.54, 1.807) is 55.4 Å². The molecule has 1 N–H and O–H groups in total. The van der Waals surface area contributed by atoms with Gasteiger partial charge in [0.15, 0.2) is 0 Å². The molecule has 0 radical (unpaired) electrons. The van der Waals surface area contributed by atoms with Crippen molar-refractivity contribution in [2.75, 3.05) is 24.3 Å². The first-order valence-corrected chi connectivity index (χ1v) is 7.76. The Kier molecular flexibility index (Phi) is 5.75. The molecule has 128 valence electrons. The second kappa shape index (κ2) is 7.97. The maximum absolute atomic E-state index is 12.3. The maximum atomic E-state index is 12.3. The van der Waals surface area contributed by atoms with E-state index in [1.807, 2.05) is 12.1 Å². The van der Waals surface area contributed by atoms with E-state index in [9.17, 15) is 9.59 Å². The first-order chi connectivity index (χ1) is 11.9. The van der Waals surface area contributed by atoms with Gasteiger partial charge < -0.3 is 15.1 Å². The highest BCUT2D eigenvalue weighted by Gasteiger charge is 2.10. The number of benzene rings is 2. The number of nitrogens with one attached hydrogen (secondary N) is 1. The Morgan fingerprint density at radius 1 is 1.04 bits per heavy atom. The zero-order valence-corrected chi connectivity index (χ0v) is 14.5. The Balaban J connectivity index is 1.96. The van der Waals surface area contributed by atoms with Gasteiger partial charge in [-0.1, -0.05) is 12.1 Å². The smallest absolute Gasteiger partial charge is 0.321 e. The van der Waals surface area contributed by atoms with Crippen molar-refractivity contribution in [1.82, 2.24) is 4.90 Å². The lowest BCUT2D eigenvalue weighted by Gasteiger charge is -2.19. The van der Waals surface area contributed by atoms with Gasteiger partial charge in [-0.05, 0) is 42.0 Å². The van der Waals surface area contributed by atoms with E-state index >= 15 is 0 Å². The number of carbonyl (C=O) groups is 2. The third-order valence-electron chi connectivity index (χ3n) is 3.83. The lowest BCUT2D eigenvalue weighted by atomic mass is 10.1. The molecule has 0 aliphatic rings. The van der Waals surface area contributed by atoms with E-state index < -0.39 is 0 Å². The molecule has 2 rings (SSSR count). The molecule has 0 saturated carbocycles. The average molecular weight is 336 g/mol. The quantitative estimate of drug-likeness (QED) is 0.931. The predicted molar refractivity (Wildman–Crippen MR) is 97.2 cm³/mol. The molecule has 0 fully saturated rings. The fraction of sp³-hybridized carbons (Fsp3) is 0.211. The number of hydrogen-bond acceptors (Lipinski definition) is 3. The minimum Gasteiger partial charge on any atom is -0.323 e. The van der Waals surface area contributed by atoms with Crippen molar-refractivity contribution >= 4 is 23.3 Å². The molecule has 0 aliphatic carbocycles. The molecular formula is C19H20N4O2. The Morgan fingerprint density at radius 2 is 1.64 bits per heavy atom. The number of nitrogens with zero attached hydrogens (tertiary/aromatic N) is 3. The summed E-state index contributed by atoms with van der Waals surface area (Å²) in [5, 5.41) is 11.6. The summed E-state index contributed by atoms with van der Waals surface area (Å²) in [4.78, 5) is 26.7. The van der Waals surface area contributed by atoms with Crippen molar-refractivity contribution in [2.24, 2.45) is 0 Å². The molecule has 0 aromatic heterocycles. The van der Waals surface area contributed by atoms with Crippen molar-refractivity contribution in [2.45, 2.75) is 13.5 Å². The zero-order valence-electron chi connectivity index (χ0n) is 14.5. The van der Waals surface area contributed by atoms with E-state index in [4.69, 9.17) is 5.26 Å². The first kappa shape index (κ1) is 18.0. The van der Waals surface area contributed by atoms with Gasteiger partial charge in [-0.2, -0.15) is 5.26 Å². The molecular weight excluding hydrogens is 316 g/mol. The normalized spacial score (nSPS) is 9.84. The van der Waals surface area contributed by atoms with Gasteiger partial charge in [0, 0.05) is 38.9 Å². The Morgan fingerprint density at radius 3 is 2.16 bits per heavy atom. The molecule has 0 bridgehead atoms. The summed E-state index contributed by atoms with van der Waals surface area (Å²) in [6.45, 7) is 1.93. The molecule has 2 aromatic rings. The van der Waals surface area contributed by atoms with Crippen LogP contribution in [-0.2, 0) is 11.3 Å². The van der Waals surface area contributed by atoms with Gasteiger partial charge >= 0.3 is 6.03 Å². The van der Waals surface area contributed by atoms with Gasteiger partial charge in [-0.3, -0.25) is 4.79 Å². The van der Waals surface area contributed by atoms with Gasteiger partial charge in [0.25, 0.3) is 0 Å². The SMILES string of the molecule is CC(=O)N(C)c1ccc(NC(=O)N(C)Cc2ccc(C#N)cc2)cc1.